The maximum atomic E-state index is 13.9. The third-order valence-corrected chi connectivity index (χ3v) is 7.80. The molecule has 0 aliphatic rings. The van der Waals surface area contributed by atoms with Gasteiger partial charge in [-0.1, -0.05) is 91.0 Å². The van der Waals surface area contributed by atoms with Crippen LogP contribution >= 0.6 is 0 Å². The van der Waals surface area contributed by atoms with E-state index in [9.17, 15) is 28.8 Å². The monoisotopic (exact) mass is 555 g/mol. The molecule has 3 aromatic heterocycles. The fraction of sp³-hybridized carbons (Fsp3) is 0.0909. The smallest absolute Gasteiger partial charge is 0.262 e. The summed E-state index contributed by atoms with van der Waals surface area (Å²) in [5.41, 5.74) is -2.77. The van der Waals surface area contributed by atoms with Gasteiger partial charge in [-0.05, 0) is 16.7 Å². The molecule has 3 heterocycles. The van der Waals surface area contributed by atoms with E-state index in [-0.39, 0.29) is 52.0 Å². The highest BCUT2D eigenvalue weighted by Gasteiger charge is 2.31. The Morgan fingerprint density at radius 1 is 0.310 bits per heavy atom. The van der Waals surface area contributed by atoms with E-state index < -0.39 is 33.4 Å². The molecule has 0 spiro atoms. The molecule has 0 unspecified atom stereocenters. The molecule has 0 saturated carbocycles. The first-order valence-corrected chi connectivity index (χ1v) is 13.3. The van der Waals surface area contributed by atoms with Crippen LogP contribution in [0.3, 0.4) is 0 Å². The van der Waals surface area contributed by atoms with Crippen LogP contribution in [-0.4, -0.2) is 13.7 Å². The van der Waals surface area contributed by atoms with E-state index in [0.29, 0.717) is 16.7 Å². The first-order chi connectivity index (χ1) is 20.4. The van der Waals surface area contributed by atoms with Crippen LogP contribution in [-0.2, 0) is 19.6 Å². The Morgan fingerprint density at radius 2 is 0.500 bits per heavy atom. The Morgan fingerprint density at radius 3 is 0.690 bits per heavy atom. The highest BCUT2D eigenvalue weighted by Crippen LogP contribution is 2.26. The third-order valence-electron chi connectivity index (χ3n) is 7.80. The van der Waals surface area contributed by atoms with E-state index in [1.807, 2.05) is 0 Å². The summed E-state index contributed by atoms with van der Waals surface area (Å²) in [6, 6.07) is 26.4. The number of hydrogen-bond acceptors (Lipinski definition) is 6. The molecule has 7 rings (SSSR count). The largest absolute Gasteiger partial charge is 0.270 e. The standard InChI is InChI=1S/C33H21N3O6/c37-28-22-23(29(38)34(28)16-19-10-4-1-5-11-19)25-27(33(42)36(31(25)40)18-21-14-8-3-9-15-21)26-24(22)30(39)35(32(26)41)17-20-12-6-2-7-13-20/h1-15H,16-18H2. The molecule has 0 N–H and O–H groups in total. The molecule has 7 aromatic rings. The molecule has 9 nitrogen and oxygen atoms in total. The second kappa shape index (κ2) is 9.45. The summed E-state index contributed by atoms with van der Waals surface area (Å²) in [7, 11) is 0. The van der Waals surface area contributed by atoms with Gasteiger partial charge in [0, 0.05) is 0 Å². The molecule has 42 heavy (non-hydrogen) atoms. The van der Waals surface area contributed by atoms with Gasteiger partial charge in [0.25, 0.3) is 33.4 Å². The van der Waals surface area contributed by atoms with Crippen molar-refractivity contribution in [3.63, 3.8) is 0 Å². The van der Waals surface area contributed by atoms with Gasteiger partial charge in [-0.25, -0.2) is 0 Å². The van der Waals surface area contributed by atoms with Gasteiger partial charge in [-0.2, -0.15) is 0 Å². The highest BCUT2D eigenvalue weighted by molar-refractivity contribution is 6.25. The third kappa shape index (κ3) is 3.63. The van der Waals surface area contributed by atoms with Crippen LogP contribution in [0.5, 0.6) is 0 Å². The Hall–Kier alpha value is -5.70. The number of aromatic nitrogens is 3. The lowest BCUT2D eigenvalue weighted by molar-refractivity contribution is 0.753. The van der Waals surface area contributed by atoms with Gasteiger partial charge < -0.3 is 0 Å². The van der Waals surface area contributed by atoms with E-state index >= 15 is 0 Å². The van der Waals surface area contributed by atoms with Crippen LogP contribution in [0, 0.1) is 0 Å². The average molecular weight is 556 g/mol. The number of rotatable bonds is 6. The molecule has 9 heteroatoms. The fourth-order valence-electron chi connectivity index (χ4n) is 5.85. The average Bonchev–Trinajstić information content (AvgIpc) is 3.51. The summed E-state index contributed by atoms with van der Waals surface area (Å²) >= 11 is 0. The van der Waals surface area contributed by atoms with E-state index in [2.05, 4.69) is 0 Å². The molecule has 0 atom stereocenters. The van der Waals surface area contributed by atoms with Gasteiger partial charge >= 0.3 is 0 Å². The van der Waals surface area contributed by atoms with Gasteiger partial charge in [0.2, 0.25) is 0 Å². The van der Waals surface area contributed by atoms with Crippen LogP contribution < -0.4 is 33.4 Å². The maximum absolute atomic E-state index is 13.9. The Bertz CT molecular complexity index is 2070. The molecular formula is C33H21N3O6. The Balaban J connectivity index is 1.64. The van der Waals surface area contributed by atoms with Crippen LogP contribution in [0.25, 0.3) is 32.3 Å². The predicted molar refractivity (Wildman–Crippen MR) is 161 cm³/mol. The zero-order chi connectivity index (χ0) is 29.1. The van der Waals surface area contributed by atoms with E-state index in [1.54, 1.807) is 91.0 Å². The van der Waals surface area contributed by atoms with Crippen molar-refractivity contribution >= 4 is 32.3 Å². The summed E-state index contributed by atoms with van der Waals surface area (Å²) < 4.78 is 2.86. The topological polar surface area (TPSA) is 117 Å². The summed E-state index contributed by atoms with van der Waals surface area (Å²) in [4.78, 5) is 83.2. The predicted octanol–water partition coefficient (Wildman–Crippen LogP) is 2.17. The van der Waals surface area contributed by atoms with Crippen molar-refractivity contribution in [2.24, 2.45) is 0 Å². The lowest BCUT2D eigenvalue weighted by Crippen LogP contribution is -2.27. The molecule has 0 aliphatic heterocycles. The van der Waals surface area contributed by atoms with Gasteiger partial charge in [-0.15, -0.1) is 0 Å². The first kappa shape index (κ1) is 25.3. The second-order valence-corrected chi connectivity index (χ2v) is 10.3. The highest BCUT2D eigenvalue weighted by atomic mass is 16.2. The van der Waals surface area contributed by atoms with Crippen LogP contribution in [0.4, 0.5) is 0 Å². The minimum atomic E-state index is -0.789. The summed E-state index contributed by atoms with van der Waals surface area (Å²) in [5.74, 6) is 0. The lowest BCUT2D eigenvalue weighted by atomic mass is 10.0. The van der Waals surface area contributed by atoms with Crippen LogP contribution in [0.1, 0.15) is 16.7 Å². The zero-order valence-corrected chi connectivity index (χ0v) is 22.1. The maximum Gasteiger partial charge on any atom is 0.262 e. The van der Waals surface area contributed by atoms with Crippen LogP contribution in [0.15, 0.2) is 120 Å². The van der Waals surface area contributed by atoms with E-state index in [0.717, 1.165) is 13.7 Å². The number of benzene rings is 4. The minimum absolute atomic E-state index is 0.109. The van der Waals surface area contributed by atoms with E-state index in [1.165, 1.54) is 0 Å². The van der Waals surface area contributed by atoms with Crippen molar-refractivity contribution in [1.82, 2.24) is 13.7 Å². The van der Waals surface area contributed by atoms with Gasteiger partial charge in [0.1, 0.15) is 0 Å². The van der Waals surface area contributed by atoms with Crippen molar-refractivity contribution in [3.8, 4) is 0 Å². The SMILES string of the molecule is O=c1c2c3c(=O)n(Cc4ccccc4)c(=O)c3c3c(=O)n(Cc4ccccc4)c(=O)c3c2c(=O)n1Cc1ccccc1. The van der Waals surface area contributed by atoms with E-state index in [4.69, 9.17) is 0 Å². The zero-order valence-electron chi connectivity index (χ0n) is 22.1. The first-order valence-electron chi connectivity index (χ1n) is 13.3. The van der Waals surface area contributed by atoms with Gasteiger partial charge in [-0.3, -0.25) is 42.5 Å². The molecule has 4 aromatic carbocycles. The van der Waals surface area contributed by atoms with Crippen molar-refractivity contribution < 1.29 is 0 Å². The Labute approximate surface area is 235 Å². The lowest BCUT2D eigenvalue weighted by Gasteiger charge is -2.00. The molecule has 204 valence electrons. The summed E-state index contributed by atoms with van der Waals surface area (Å²) in [6.07, 6.45) is 0. The summed E-state index contributed by atoms with van der Waals surface area (Å²) in [6.45, 7) is -0.326. The van der Waals surface area contributed by atoms with Gasteiger partial charge in [0.15, 0.2) is 0 Å². The Kier molecular flexibility index (Phi) is 5.69. The molecule has 0 fully saturated rings. The van der Waals surface area contributed by atoms with Crippen molar-refractivity contribution in [2.75, 3.05) is 0 Å². The summed E-state index contributed by atoms with van der Waals surface area (Å²) in [5, 5.41) is -1.83. The van der Waals surface area contributed by atoms with Crippen molar-refractivity contribution in [1.29, 1.82) is 0 Å². The minimum Gasteiger partial charge on any atom is -0.270 e. The molecule has 0 aliphatic carbocycles. The molecule has 0 amide bonds. The molecular weight excluding hydrogens is 534 g/mol. The number of fused-ring (bicyclic) bond motifs is 6. The van der Waals surface area contributed by atoms with Crippen molar-refractivity contribution in [3.05, 3.63) is 170 Å². The van der Waals surface area contributed by atoms with Gasteiger partial charge in [0.05, 0.1) is 52.0 Å². The molecule has 0 saturated heterocycles. The molecule has 0 radical (unpaired) electrons. The molecule has 0 bridgehead atoms. The quantitative estimate of drug-likeness (QED) is 0.311. The van der Waals surface area contributed by atoms with Crippen LogP contribution in [0.2, 0.25) is 0 Å². The normalized spacial score (nSPS) is 11.7. The number of nitrogens with zero attached hydrogens (tertiary/aromatic N) is 3. The number of hydrogen-bond donors (Lipinski definition) is 0. The fourth-order valence-corrected chi connectivity index (χ4v) is 5.85. The van der Waals surface area contributed by atoms with Crippen molar-refractivity contribution in [2.45, 2.75) is 19.6 Å². The second-order valence-electron chi connectivity index (χ2n) is 10.3.